The molecule has 0 fully saturated rings. The molecule has 0 heterocycles. The fourth-order valence-corrected chi connectivity index (χ4v) is 4.38. The van der Waals surface area contributed by atoms with E-state index in [0.717, 1.165) is 5.92 Å². The first-order chi connectivity index (χ1) is 12.8. The van der Waals surface area contributed by atoms with Crippen molar-refractivity contribution in [3.05, 3.63) is 59.2 Å². The normalized spacial score (nSPS) is 16.5. The maximum Gasteiger partial charge on any atom is -0.0181 e. The summed E-state index contributed by atoms with van der Waals surface area (Å²) in [6.07, 6.45) is 14.7. The predicted octanol–water partition coefficient (Wildman–Crippen LogP) is 7.77. The molecule has 0 spiro atoms. The number of hydrogen-bond acceptors (Lipinski definition) is 0. The molecule has 0 amide bonds. The van der Waals surface area contributed by atoms with Crippen molar-refractivity contribution in [2.24, 2.45) is 5.92 Å². The van der Waals surface area contributed by atoms with Crippen molar-refractivity contribution in [3.8, 4) is 11.1 Å². The Hall–Kier alpha value is -1.56. The van der Waals surface area contributed by atoms with E-state index in [0.29, 0.717) is 0 Å². The zero-order valence-corrected chi connectivity index (χ0v) is 16.9. The molecule has 0 aliphatic heterocycles. The quantitative estimate of drug-likeness (QED) is 0.406. The number of aryl methyl sites for hydroxylation is 2. The largest absolute Gasteiger partial charge is 0.0654 e. The Bertz CT molecular complexity index is 665. The maximum absolute atomic E-state index is 2.46. The highest BCUT2D eigenvalue weighted by Crippen LogP contribution is 2.32. The molecule has 0 nitrogen and oxygen atoms in total. The highest BCUT2D eigenvalue weighted by atomic mass is 14.2. The topological polar surface area (TPSA) is 0 Å². The number of rotatable bonds is 9. The summed E-state index contributed by atoms with van der Waals surface area (Å²) in [5, 5.41) is 0. The zero-order valence-electron chi connectivity index (χ0n) is 16.9. The van der Waals surface area contributed by atoms with Crippen LogP contribution in [0.15, 0.2) is 42.5 Å². The van der Waals surface area contributed by atoms with Gasteiger partial charge in [0.1, 0.15) is 0 Å². The third-order valence-electron chi connectivity index (χ3n) is 6.11. The van der Waals surface area contributed by atoms with Crippen LogP contribution in [0.4, 0.5) is 0 Å². The molecule has 0 N–H and O–H groups in total. The lowest BCUT2D eigenvalue weighted by Gasteiger charge is -2.25. The molecule has 0 radical (unpaired) electrons. The SMILES string of the molecule is CCCCCc1ccc(-c2ccc3c(c2)CCC(CCCCC)C3)cc1. The molecule has 2 aromatic carbocycles. The molecule has 26 heavy (non-hydrogen) atoms. The van der Waals surface area contributed by atoms with E-state index in [1.54, 1.807) is 11.1 Å². The third-order valence-corrected chi connectivity index (χ3v) is 6.11. The van der Waals surface area contributed by atoms with Gasteiger partial charge in [-0.3, -0.25) is 0 Å². The summed E-state index contributed by atoms with van der Waals surface area (Å²) in [6, 6.07) is 16.5. The van der Waals surface area contributed by atoms with Gasteiger partial charge in [-0.05, 0) is 65.8 Å². The minimum absolute atomic E-state index is 0.919. The fraction of sp³-hybridized carbons (Fsp3) is 0.538. The molecule has 1 aliphatic rings. The summed E-state index contributed by atoms with van der Waals surface area (Å²) in [5.74, 6) is 0.919. The summed E-state index contributed by atoms with van der Waals surface area (Å²) in [5.41, 5.74) is 7.46. The molecule has 0 saturated heterocycles. The Balaban J connectivity index is 1.62. The second-order valence-corrected chi connectivity index (χ2v) is 8.24. The predicted molar refractivity (Wildman–Crippen MR) is 115 cm³/mol. The van der Waals surface area contributed by atoms with Gasteiger partial charge in [-0.25, -0.2) is 0 Å². The van der Waals surface area contributed by atoms with Crippen LogP contribution in [-0.2, 0) is 19.3 Å². The van der Waals surface area contributed by atoms with Crippen molar-refractivity contribution in [1.29, 1.82) is 0 Å². The minimum Gasteiger partial charge on any atom is -0.0654 e. The Morgan fingerprint density at radius 1 is 0.769 bits per heavy atom. The molecule has 0 bridgehead atoms. The van der Waals surface area contributed by atoms with Crippen LogP contribution in [-0.4, -0.2) is 0 Å². The summed E-state index contributed by atoms with van der Waals surface area (Å²) in [7, 11) is 0. The molecule has 1 atom stereocenters. The van der Waals surface area contributed by atoms with Gasteiger partial charge in [-0.1, -0.05) is 94.8 Å². The fourth-order valence-electron chi connectivity index (χ4n) is 4.38. The van der Waals surface area contributed by atoms with E-state index in [1.165, 1.54) is 87.3 Å². The van der Waals surface area contributed by atoms with Gasteiger partial charge in [-0.15, -0.1) is 0 Å². The Morgan fingerprint density at radius 2 is 1.50 bits per heavy atom. The second-order valence-electron chi connectivity index (χ2n) is 8.24. The molecule has 0 heteroatoms. The van der Waals surface area contributed by atoms with Crippen LogP contribution in [0.3, 0.4) is 0 Å². The molecule has 3 rings (SSSR count). The average Bonchev–Trinajstić information content (AvgIpc) is 2.68. The Labute approximate surface area is 161 Å². The van der Waals surface area contributed by atoms with Gasteiger partial charge < -0.3 is 0 Å². The molecular formula is C26H36. The summed E-state index contributed by atoms with van der Waals surface area (Å²) >= 11 is 0. The average molecular weight is 349 g/mol. The van der Waals surface area contributed by atoms with Crippen LogP contribution in [0.25, 0.3) is 11.1 Å². The molecule has 140 valence electrons. The number of benzene rings is 2. The van der Waals surface area contributed by atoms with Gasteiger partial charge in [0, 0.05) is 0 Å². The van der Waals surface area contributed by atoms with Gasteiger partial charge in [0.15, 0.2) is 0 Å². The molecular weight excluding hydrogens is 312 g/mol. The smallest absolute Gasteiger partial charge is 0.0181 e. The van der Waals surface area contributed by atoms with E-state index in [2.05, 4.69) is 56.3 Å². The zero-order chi connectivity index (χ0) is 18.2. The van der Waals surface area contributed by atoms with Crippen molar-refractivity contribution in [2.75, 3.05) is 0 Å². The monoisotopic (exact) mass is 348 g/mol. The van der Waals surface area contributed by atoms with Crippen LogP contribution >= 0.6 is 0 Å². The lowest BCUT2D eigenvalue weighted by atomic mass is 9.80. The van der Waals surface area contributed by atoms with Crippen LogP contribution in [0.2, 0.25) is 0 Å². The van der Waals surface area contributed by atoms with E-state index in [-0.39, 0.29) is 0 Å². The number of hydrogen-bond donors (Lipinski definition) is 0. The van der Waals surface area contributed by atoms with Crippen LogP contribution in [0.5, 0.6) is 0 Å². The van der Waals surface area contributed by atoms with Crippen molar-refractivity contribution >= 4 is 0 Å². The lowest BCUT2D eigenvalue weighted by Crippen LogP contribution is -2.14. The first-order valence-electron chi connectivity index (χ1n) is 11.0. The standard InChI is InChI=1S/C26H36/c1-3-5-7-9-21-11-14-23(15-12-21)25-18-17-24-19-22(10-8-6-4-2)13-16-26(24)20-25/h11-12,14-15,17-18,20,22H,3-10,13,16,19H2,1-2H3. The summed E-state index contributed by atoms with van der Waals surface area (Å²) in [4.78, 5) is 0. The van der Waals surface area contributed by atoms with Gasteiger partial charge in [-0.2, -0.15) is 0 Å². The number of unbranched alkanes of at least 4 members (excludes halogenated alkanes) is 4. The summed E-state index contributed by atoms with van der Waals surface area (Å²) in [6.45, 7) is 4.57. The first kappa shape index (κ1) is 19.2. The molecule has 0 aromatic heterocycles. The van der Waals surface area contributed by atoms with Crippen LogP contribution in [0.1, 0.15) is 81.9 Å². The van der Waals surface area contributed by atoms with E-state index in [9.17, 15) is 0 Å². The molecule has 0 saturated carbocycles. The van der Waals surface area contributed by atoms with Crippen LogP contribution in [0, 0.1) is 5.92 Å². The van der Waals surface area contributed by atoms with Crippen molar-refractivity contribution in [1.82, 2.24) is 0 Å². The van der Waals surface area contributed by atoms with Crippen molar-refractivity contribution < 1.29 is 0 Å². The second kappa shape index (κ2) is 9.95. The van der Waals surface area contributed by atoms with Crippen molar-refractivity contribution in [3.63, 3.8) is 0 Å². The molecule has 2 aromatic rings. The van der Waals surface area contributed by atoms with E-state index in [1.807, 2.05) is 0 Å². The molecule has 1 unspecified atom stereocenters. The minimum atomic E-state index is 0.919. The van der Waals surface area contributed by atoms with Gasteiger partial charge in [0.05, 0.1) is 0 Å². The Kier molecular flexibility index (Phi) is 7.35. The lowest BCUT2D eigenvalue weighted by molar-refractivity contribution is 0.408. The highest BCUT2D eigenvalue weighted by molar-refractivity contribution is 5.65. The number of fused-ring (bicyclic) bond motifs is 1. The molecule has 1 aliphatic carbocycles. The maximum atomic E-state index is 2.46. The third kappa shape index (κ3) is 5.22. The van der Waals surface area contributed by atoms with Gasteiger partial charge in [0.2, 0.25) is 0 Å². The van der Waals surface area contributed by atoms with Crippen molar-refractivity contribution in [2.45, 2.75) is 84.5 Å². The van der Waals surface area contributed by atoms with Crippen LogP contribution < -0.4 is 0 Å². The van der Waals surface area contributed by atoms with E-state index in [4.69, 9.17) is 0 Å². The van der Waals surface area contributed by atoms with Gasteiger partial charge in [0.25, 0.3) is 0 Å². The highest BCUT2D eigenvalue weighted by Gasteiger charge is 2.18. The van der Waals surface area contributed by atoms with E-state index < -0.39 is 0 Å². The first-order valence-corrected chi connectivity index (χ1v) is 11.0. The summed E-state index contributed by atoms with van der Waals surface area (Å²) < 4.78 is 0. The van der Waals surface area contributed by atoms with Gasteiger partial charge >= 0.3 is 0 Å². The van der Waals surface area contributed by atoms with E-state index >= 15 is 0 Å². The Morgan fingerprint density at radius 3 is 2.27 bits per heavy atom.